The van der Waals surface area contributed by atoms with Crippen LogP contribution in [0.2, 0.25) is 0 Å². The van der Waals surface area contributed by atoms with Crippen LogP contribution in [0.5, 0.6) is 0 Å². The Balaban J connectivity index is 2.01. The maximum Gasteiger partial charge on any atom is 0.0413 e. The molecule has 76 valence electrons. The Labute approximate surface area is 90.3 Å². The van der Waals surface area contributed by atoms with Crippen LogP contribution < -0.4 is 5.32 Å². The Morgan fingerprint density at radius 3 is 2.64 bits per heavy atom. The van der Waals surface area contributed by atoms with Gasteiger partial charge in [-0.3, -0.25) is 0 Å². The van der Waals surface area contributed by atoms with Crippen LogP contribution in [0, 0.1) is 0 Å². The Hall–Kier alpha value is -0.470. The van der Waals surface area contributed by atoms with E-state index in [1.165, 1.54) is 24.2 Å². The number of nitrogens with one attached hydrogen (secondary N) is 1. The molecule has 1 aliphatic rings. The number of hydrogen-bond acceptors (Lipinski definition) is 2. The van der Waals surface area contributed by atoms with Crippen molar-refractivity contribution in [1.82, 2.24) is 5.32 Å². The Kier molecular flexibility index (Phi) is 3.49. The van der Waals surface area contributed by atoms with Crippen LogP contribution in [0.25, 0.3) is 0 Å². The van der Waals surface area contributed by atoms with Gasteiger partial charge in [0.25, 0.3) is 0 Å². The van der Waals surface area contributed by atoms with Crippen LogP contribution in [-0.2, 0) is 0 Å². The van der Waals surface area contributed by atoms with Gasteiger partial charge in [0.15, 0.2) is 0 Å². The van der Waals surface area contributed by atoms with Gasteiger partial charge in [0.2, 0.25) is 0 Å². The minimum Gasteiger partial charge on any atom is -0.306 e. The van der Waals surface area contributed by atoms with Gasteiger partial charge in [0, 0.05) is 17.8 Å². The van der Waals surface area contributed by atoms with E-state index in [1.807, 2.05) is 11.8 Å². The van der Waals surface area contributed by atoms with Crippen LogP contribution in [0.4, 0.5) is 0 Å². The fraction of sp³-hybridized carbons (Fsp3) is 0.500. The summed E-state index contributed by atoms with van der Waals surface area (Å²) in [5.74, 6) is 1.17. The fourth-order valence-electron chi connectivity index (χ4n) is 1.63. The van der Waals surface area contributed by atoms with E-state index in [2.05, 4.69) is 41.9 Å². The van der Waals surface area contributed by atoms with Gasteiger partial charge >= 0.3 is 0 Å². The lowest BCUT2D eigenvalue weighted by Crippen LogP contribution is -2.25. The van der Waals surface area contributed by atoms with Crippen LogP contribution in [0.15, 0.2) is 30.3 Å². The molecule has 0 aromatic heterocycles. The zero-order valence-corrected chi connectivity index (χ0v) is 9.39. The van der Waals surface area contributed by atoms with E-state index < -0.39 is 0 Å². The minimum absolute atomic E-state index is 0.540. The van der Waals surface area contributed by atoms with Crippen LogP contribution >= 0.6 is 11.8 Å². The molecule has 0 bridgehead atoms. The first-order chi connectivity index (χ1) is 6.90. The molecule has 0 aliphatic heterocycles. The number of benzene rings is 1. The van der Waals surface area contributed by atoms with Crippen molar-refractivity contribution in [2.24, 2.45) is 0 Å². The molecule has 1 aliphatic carbocycles. The van der Waals surface area contributed by atoms with Crippen molar-refractivity contribution >= 4 is 11.8 Å². The van der Waals surface area contributed by atoms with Crippen molar-refractivity contribution < 1.29 is 0 Å². The normalized spacial score (nSPS) is 18.1. The summed E-state index contributed by atoms with van der Waals surface area (Å²) in [5, 5.41) is 3.69. The summed E-state index contributed by atoms with van der Waals surface area (Å²) in [6.45, 7) is 0. The van der Waals surface area contributed by atoms with E-state index >= 15 is 0 Å². The second kappa shape index (κ2) is 4.85. The lowest BCUT2D eigenvalue weighted by molar-refractivity contribution is 0.578. The van der Waals surface area contributed by atoms with Crippen LogP contribution in [0.1, 0.15) is 24.4 Å². The Bertz CT molecular complexity index is 269. The molecule has 0 radical (unpaired) electrons. The molecule has 1 atom stereocenters. The highest BCUT2D eigenvalue weighted by atomic mass is 32.2. The number of thioether (sulfide) groups is 1. The molecule has 2 heteroatoms. The average molecular weight is 207 g/mol. The highest BCUT2D eigenvalue weighted by Gasteiger charge is 2.24. The first-order valence-corrected chi connectivity index (χ1v) is 6.59. The quantitative estimate of drug-likeness (QED) is 0.797. The predicted molar refractivity (Wildman–Crippen MR) is 63.7 cm³/mol. The second-order valence-corrected chi connectivity index (χ2v) is 4.77. The topological polar surface area (TPSA) is 12.0 Å². The molecule has 1 aromatic rings. The summed E-state index contributed by atoms with van der Waals surface area (Å²) >= 11 is 1.91. The van der Waals surface area contributed by atoms with Gasteiger partial charge in [-0.05, 0) is 24.7 Å². The lowest BCUT2D eigenvalue weighted by Gasteiger charge is -2.17. The van der Waals surface area contributed by atoms with Crippen molar-refractivity contribution in [2.45, 2.75) is 24.9 Å². The molecule has 1 aromatic carbocycles. The SMILES string of the molecule is CSCC(NC1CC1)c1ccccc1. The van der Waals surface area contributed by atoms with Gasteiger partial charge in [-0.2, -0.15) is 11.8 Å². The van der Waals surface area contributed by atoms with Crippen LogP contribution in [0.3, 0.4) is 0 Å². The third-order valence-corrected chi connectivity index (χ3v) is 3.22. The standard InChI is InChI=1S/C12H17NS/c1-14-9-12(13-11-7-8-11)10-5-3-2-4-6-10/h2-6,11-13H,7-9H2,1H3. The minimum atomic E-state index is 0.540. The third kappa shape index (κ3) is 2.76. The van der Waals surface area contributed by atoms with Crippen molar-refractivity contribution in [2.75, 3.05) is 12.0 Å². The average Bonchev–Trinajstić information content (AvgIpc) is 3.03. The third-order valence-electron chi connectivity index (χ3n) is 2.55. The summed E-state index contributed by atoms with van der Waals surface area (Å²) in [4.78, 5) is 0. The molecule has 1 nitrogen and oxygen atoms in total. The molecular weight excluding hydrogens is 190 g/mol. The molecule has 2 rings (SSSR count). The number of rotatable bonds is 5. The van der Waals surface area contributed by atoms with Gasteiger partial charge < -0.3 is 5.32 Å². The molecular formula is C12H17NS. The van der Waals surface area contributed by atoms with Gasteiger partial charge in [-0.15, -0.1) is 0 Å². The van der Waals surface area contributed by atoms with Crippen molar-refractivity contribution in [3.8, 4) is 0 Å². The Morgan fingerprint density at radius 1 is 1.36 bits per heavy atom. The van der Waals surface area contributed by atoms with Crippen molar-refractivity contribution in [3.63, 3.8) is 0 Å². The summed E-state index contributed by atoms with van der Waals surface area (Å²) in [6.07, 6.45) is 4.89. The smallest absolute Gasteiger partial charge is 0.0413 e. The van der Waals surface area contributed by atoms with E-state index in [1.54, 1.807) is 0 Å². The van der Waals surface area contributed by atoms with E-state index in [4.69, 9.17) is 0 Å². The van der Waals surface area contributed by atoms with E-state index in [0.717, 1.165) is 6.04 Å². The summed E-state index contributed by atoms with van der Waals surface area (Å²) in [6, 6.07) is 12.1. The van der Waals surface area contributed by atoms with Gasteiger partial charge in [-0.25, -0.2) is 0 Å². The largest absolute Gasteiger partial charge is 0.306 e. The number of hydrogen-bond donors (Lipinski definition) is 1. The summed E-state index contributed by atoms with van der Waals surface area (Å²) in [5.41, 5.74) is 1.42. The maximum atomic E-state index is 3.69. The molecule has 0 heterocycles. The molecule has 0 saturated heterocycles. The monoisotopic (exact) mass is 207 g/mol. The molecule has 0 spiro atoms. The molecule has 14 heavy (non-hydrogen) atoms. The predicted octanol–water partition coefficient (Wildman–Crippen LogP) is 2.84. The van der Waals surface area contributed by atoms with Crippen LogP contribution in [-0.4, -0.2) is 18.1 Å². The molecule has 1 unspecified atom stereocenters. The van der Waals surface area contributed by atoms with Gasteiger partial charge in [-0.1, -0.05) is 30.3 Å². The van der Waals surface area contributed by atoms with Gasteiger partial charge in [0.05, 0.1) is 0 Å². The lowest BCUT2D eigenvalue weighted by atomic mass is 10.1. The maximum absolute atomic E-state index is 3.69. The molecule has 1 fully saturated rings. The van der Waals surface area contributed by atoms with E-state index in [-0.39, 0.29) is 0 Å². The summed E-state index contributed by atoms with van der Waals surface area (Å²) < 4.78 is 0. The van der Waals surface area contributed by atoms with E-state index in [0.29, 0.717) is 6.04 Å². The molecule has 1 saturated carbocycles. The first kappa shape index (κ1) is 10.1. The van der Waals surface area contributed by atoms with Crippen molar-refractivity contribution in [1.29, 1.82) is 0 Å². The Morgan fingerprint density at radius 2 is 2.07 bits per heavy atom. The second-order valence-electron chi connectivity index (χ2n) is 3.86. The highest BCUT2D eigenvalue weighted by molar-refractivity contribution is 7.98. The molecule has 1 N–H and O–H groups in total. The van der Waals surface area contributed by atoms with Crippen molar-refractivity contribution in [3.05, 3.63) is 35.9 Å². The van der Waals surface area contributed by atoms with E-state index in [9.17, 15) is 0 Å². The first-order valence-electron chi connectivity index (χ1n) is 5.20. The molecule has 0 amide bonds. The zero-order chi connectivity index (χ0) is 9.80. The highest BCUT2D eigenvalue weighted by Crippen LogP contribution is 2.25. The zero-order valence-electron chi connectivity index (χ0n) is 8.57. The van der Waals surface area contributed by atoms with Gasteiger partial charge in [0.1, 0.15) is 0 Å². The fourth-order valence-corrected chi connectivity index (χ4v) is 2.25. The summed E-state index contributed by atoms with van der Waals surface area (Å²) in [7, 11) is 0.